The topological polar surface area (TPSA) is 33.1 Å². The molecule has 1 aromatic carbocycles. The smallest absolute Gasteiger partial charge is 0.110 e. The lowest BCUT2D eigenvalue weighted by atomic mass is 10.2. The number of nitrogens with zero attached hydrogens (tertiary/aromatic N) is 3. The third-order valence-electron chi connectivity index (χ3n) is 3.71. The number of benzene rings is 1. The molecule has 2 aromatic rings. The highest BCUT2D eigenvalue weighted by Gasteiger charge is 2.11. The molecule has 0 aliphatic carbocycles. The molecule has 1 N–H and O–H groups in total. The second-order valence-electron chi connectivity index (χ2n) is 5.16. The standard InChI is InChI=1S/C15H19BrN4/c1-12-18-6-9-20(12)15-3-2-13(10-14(15)16)11-19-7-4-17-5-8-19/h2-3,6,9-10,17H,4-5,7-8,11H2,1H3. The Morgan fingerprint density at radius 1 is 1.30 bits per heavy atom. The summed E-state index contributed by atoms with van der Waals surface area (Å²) < 4.78 is 3.21. The van der Waals surface area contributed by atoms with Crippen LogP contribution in [-0.4, -0.2) is 40.6 Å². The summed E-state index contributed by atoms with van der Waals surface area (Å²) in [5, 5.41) is 3.38. The lowest BCUT2D eigenvalue weighted by Crippen LogP contribution is -2.42. The predicted octanol–water partition coefficient (Wildman–Crippen LogP) is 2.35. The molecule has 2 heterocycles. The summed E-state index contributed by atoms with van der Waals surface area (Å²) in [7, 11) is 0. The predicted molar refractivity (Wildman–Crippen MR) is 84.1 cm³/mol. The molecule has 1 saturated heterocycles. The van der Waals surface area contributed by atoms with Gasteiger partial charge in [0.1, 0.15) is 5.82 Å². The van der Waals surface area contributed by atoms with Gasteiger partial charge in [0.15, 0.2) is 0 Å². The zero-order valence-electron chi connectivity index (χ0n) is 11.6. The number of piperazine rings is 1. The largest absolute Gasteiger partial charge is 0.314 e. The average molecular weight is 335 g/mol. The van der Waals surface area contributed by atoms with E-state index in [9.17, 15) is 0 Å². The molecule has 1 aliphatic heterocycles. The van der Waals surface area contributed by atoms with Gasteiger partial charge in [-0.3, -0.25) is 4.90 Å². The molecule has 0 saturated carbocycles. The van der Waals surface area contributed by atoms with Gasteiger partial charge in [0.25, 0.3) is 0 Å². The fourth-order valence-electron chi connectivity index (χ4n) is 2.60. The maximum absolute atomic E-state index is 4.28. The molecule has 0 amide bonds. The van der Waals surface area contributed by atoms with E-state index in [-0.39, 0.29) is 0 Å². The minimum Gasteiger partial charge on any atom is -0.314 e. The van der Waals surface area contributed by atoms with E-state index in [0.717, 1.165) is 48.7 Å². The Labute approximate surface area is 127 Å². The van der Waals surface area contributed by atoms with Gasteiger partial charge in [-0.1, -0.05) is 6.07 Å². The van der Waals surface area contributed by atoms with Crippen LogP contribution in [0.1, 0.15) is 11.4 Å². The Kier molecular flexibility index (Phi) is 4.19. The van der Waals surface area contributed by atoms with E-state index < -0.39 is 0 Å². The highest BCUT2D eigenvalue weighted by Crippen LogP contribution is 2.24. The Morgan fingerprint density at radius 3 is 2.75 bits per heavy atom. The number of halogens is 1. The molecule has 0 spiro atoms. The van der Waals surface area contributed by atoms with Gasteiger partial charge in [-0.25, -0.2) is 4.98 Å². The van der Waals surface area contributed by atoms with E-state index in [1.807, 2.05) is 19.3 Å². The monoisotopic (exact) mass is 334 g/mol. The zero-order chi connectivity index (χ0) is 13.9. The summed E-state index contributed by atoms with van der Waals surface area (Å²) in [6.07, 6.45) is 3.82. The van der Waals surface area contributed by atoms with Crippen LogP contribution in [0.4, 0.5) is 0 Å². The van der Waals surface area contributed by atoms with Crippen molar-refractivity contribution in [3.63, 3.8) is 0 Å². The van der Waals surface area contributed by atoms with Gasteiger partial charge in [0.2, 0.25) is 0 Å². The number of nitrogens with one attached hydrogen (secondary N) is 1. The summed E-state index contributed by atoms with van der Waals surface area (Å²) in [5.41, 5.74) is 2.49. The first-order chi connectivity index (χ1) is 9.74. The number of aryl methyl sites for hydroxylation is 1. The zero-order valence-corrected chi connectivity index (χ0v) is 13.2. The van der Waals surface area contributed by atoms with E-state index >= 15 is 0 Å². The maximum atomic E-state index is 4.28. The molecule has 5 heteroatoms. The van der Waals surface area contributed by atoms with E-state index in [4.69, 9.17) is 0 Å². The van der Waals surface area contributed by atoms with Gasteiger partial charge in [-0.05, 0) is 40.5 Å². The van der Waals surface area contributed by atoms with Crippen LogP contribution < -0.4 is 5.32 Å². The van der Waals surface area contributed by atoms with Crippen molar-refractivity contribution >= 4 is 15.9 Å². The maximum Gasteiger partial charge on any atom is 0.110 e. The summed E-state index contributed by atoms with van der Waals surface area (Å²) in [4.78, 5) is 6.76. The van der Waals surface area contributed by atoms with Crippen molar-refractivity contribution in [2.45, 2.75) is 13.5 Å². The van der Waals surface area contributed by atoms with Crippen LogP contribution in [0.5, 0.6) is 0 Å². The number of imidazole rings is 1. The SMILES string of the molecule is Cc1nccn1-c1ccc(CN2CCNCC2)cc1Br. The molecule has 20 heavy (non-hydrogen) atoms. The summed E-state index contributed by atoms with van der Waals surface area (Å²) in [6, 6.07) is 6.59. The molecule has 0 unspecified atom stereocenters. The van der Waals surface area contributed by atoms with E-state index in [1.165, 1.54) is 5.56 Å². The molecule has 0 radical (unpaired) electrons. The highest BCUT2D eigenvalue weighted by molar-refractivity contribution is 9.10. The Hall–Kier alpha value is -1.17. The van der Waals surface area contributed by atoms with Crippen LogP contribution in [0.2, 0.25) is 0 Å². The van der Waals surface area contributed by atoms with E-state index in [2.05, 4.69) is 53.9 Å². The second-order valence-corrected chi connectivity index (χ2v) is 6.01. The van der Waals surface area contributed by atoms with Crippen LogP contribution in [0.25, 0.3) is 5.69 Å². The van der Waals surface area contributed by atoms with Crippen LogP contribution in [0.15, 0.2) is 35.1 Å². The summed E-state index contributed by atoms with van der Waals surface area (Å²) >= 11 is 3.69. The molecule has 4 nitrogen and oxygen atoms in total. The van der Waals surface area contributed by atoms with Gasteiger partial charge in [0.05, 0.1) is 5.69 Å². The van der Waals surface area contributed by atoms with Gasteiger partial charge < -0.3 is 9.88 Å². The lowest BCUT2D eigenvalue weighted by molar-refractivity contribution is 0.233. The van der Waals surface area contributed by atoms with Crippen molar-refractivity contribution in [2.24, 2.45) is 0 Å². The van der Waals surface area contributed by atoms with Crippen LogP contribution in [-0.2, 0) is 6.54 Å². The van der Waals surface area contributed by atoms with E-state index in [1.54, 1.807) is 0 Å². The van der Waals surface area contributed by atoms with Gasteiger partial charge in [-0.15, -0.1) is 0 Å². The number of hydrogen-bond acceptors (Lipinski definition) is 3. The van der Waals surface area contributed by atoms with Crippen molar-refractivity contribution in [1.82, 2.24) is 19.8 Å². The minimum absolute atomic E-state index is 1.00. The first kappa shape index (κ1) is 13.8. The normalized spacial score (nSPS) is 16.5. The third-order valence-corrected chi connectivity index (χ3v) is 4.35. The number of aromatic nitrogens is 2. The van der Waals surface area contributed by atoms with Crippen LogP contribution in [0, 0.1) is 6.92 Å². The molecule has 3 rings (SSSR count). The van der Waals surface area contributed by atoms with Gasteiger partial charge in [-0.2, -0.15) is 0 Å². The van der Waals surface area contributed by atoms with Crippen molar-refractivity contribution in [1.29, 1.82) is 0 Å². The summed E-state index contributed by atoms with van der Waals surface area (Å²) in [5.74, 6) is 1.00. The fraction of sp³-hybridized carbons (Fsp3) is 0.400. The van der Waals surface area contributed by atoms with Crippen LogP contribution >= 0.6 is 15.9 Å². The Balaban J connectivity index is 1.79. The average Bonchev–Trinajstić information content (AvgIpc) is 2.86. The lowest BCUT2D eigenvalue weighted by Gasteiger charge is -2.27. The van der Waals surface area contributed by atoms with Crippen molar-refractivity contribution in [3.8, 4) is 5.69 Å². The molecule has 0 bridgehead atoms. The Morgan fingerprint density at radius 2 is 2.10 bits per heavy atom. The van der Waals surface area contributed by atoms with Gasteiger partial charge in [0, 0.05) is 49.6 Å². The fourth-order valence-corrected chi connectivity index (χ4v) is 3.22. The summed E-state index contributed by atoms with van der Waals surface area (Å²) in [6.45, 7) is 7.46. The first-order valence-corrected chi connectivity index (χ1v) is 7.75. The minimum atomic E-state index is 1.00. The number of hydrogen-bond donors (Lipinski definition) is 1. The highest BCUT2D eigenvalue weighted by atomic mass is 79.9. The Bertz CT molecular complexity index is 587. The van der Waals surface area contributed by atoms with Crippen molar-refractivity contribution in [2.75, 3.05) is 26.2 Å². The van der Waals surface area contributed by atoms with Crippen molar-refractivity contribution in [3.05, 3.63) is 46.5 Å². The third kappa shape index (κ3) is 2.95. The second kappa shape index (κ2) is 6.08. The van der Waals surface area contributed by atoms with Crippen LogP contribution in [0.3, 0.4) is 0 Å². The first-order valence-electron chi connectivity index (χ1n) is 6.96. The quantitative estimate of drug-likeness (QED) is 0.935. The molecule has 1 aromatic heterocycles. The number of rotatable bonds is 3. The van der Waals surface area contributed by atoms with Crippen molar-refractivity contribution < 1.29 is 0 Å². The molecule has 0 atom stereocenters. The molecule has 106 valence electrons. The molecular weight excluding hydrogens is 316 g/mol. The molecular formula is C15H19BrN4. The van der Waals surface area contributed by atoms with E-state index in [0.29, 0.717) is 0 Å². The molecule has 1 aliphatic rings. The molecule has 1 fully saturated rings. The van der Waals surface area contributed by atoms with Gasteiger partial charge >= 0.3 is 0 Å².